The minimum absolute atomic E-state index is 0.0499. The molecule has 0 saturated heterocycles. The first-order valence-corrected chi connectivity index (χ1v) is 7.71. The number of aromatic hydroxyl groups is 1. The molecule has 0 atom stereocenters. The van der Waals surface area contributed by atoms with Gasteiger partial charge in [0.1, 0.15) is 5.75 Å². The Morgan fingerprint density at radius 2 is 1.68 bits per heavy atom. The summed E-state index contributed by atoms with van der Waals surface area (Å²) < 4.78 is 0.941. The lowest BCUT2D eigenvalue weighted by Gasteiger charge is -2.06. The van der Waals surface area contributed by atoms with E-state index in [-0.39, 0.29) is 11.5 Å². The van der Waals surface area contributed by atoms with Crippen LogP contribution in [0.25, 0.3) is 0 Å². The zero-order valence-electron chi connectivity index (χ0n) is 10.1. The molecule has 0 bridgehead atoms. The summed E-state index contributed by atoms with van der Waals surface area (Å²) in [6.07, 6.45) is 0.911. The van der Waals surface area contributed by atoms with E-state index in [1.807, 2.05) is 18.2 Å². The number of carbonyl (C=O) groups excluding carboxylic acids is 1. The van der Waals surface area contributed by atoms with E-state index in [1.54, 1.807) is 12.1 Å². The van der Waals surface area contributed by atoms with Crippen LogP contribution in [-0.4, -0.2) is 16.2 Å². The second-order valence-electron chi connectivity index (χ2n) is 4.12. The lowest BCUT2D eigenvalue weighted by molar-refractivity contribution is 0.103. The van der Waals surface area contributed by atoms with Gasteiger partial charge in [-0.2, -0.15) is 0 Å². The van der Waals surface area contributed by atoms with E-state index in [2.05, 4.69) is 31.9 Å². The molecule has 0 fully saturated rings. The Morgan fingerprint density at radius 3 is 2.26 bits per heavy atom. The van der Waals surface area contributed by atoms with Crippen LogP contribution in [0.2, 0.25) is 0 Å². The van der Waals surface area contributed by atoms with E-state index in [4.69, 9.17) is 0 Å². The van der Waals surface area contributed by atoms with Crippen LogP contribution in [0.3, 0.4) is 0 Å². The zero-order valence-corrected chi connectivity index (χ0v) is 13.2. The number of carbonyl (C=O) groups is 1. The standard InChI is InChI=1S/C15H12Br2O2/c16-8-7-10-1-2-12(9-14(10)17)15(19)11-3-5-13(18)6-4-11/h1-6,9,18H,7-8H2. The van der Waals surface area contributed by atoms with Crippen molar-refractivity contribution in [3.63, 3.8) is 0 Å². The average Bonchev–Trinajstić information content (AvgIpc) is 2.41. The molecule has 2 aromatic carbocycles. The Morgan fingerprint density at radius 1 is 1.05 bits per heavy atom. The van der Waals surface area contributed by atoms with Gasteiger partial charge < -0.3 is 5.11 Å². The van der Waals surface area contributed by atoms with Gasteiger partial charge >= 0.3 is 0 Å². The van der Waals surface area contributed by atoms with Crippen LogP contribution < -0.4 is 0 Å². The molecule has 1 N–H and O–H groups in total. The summed E-state index contributed by atoms with van der Waals surface area (Å²) in [4.78, 5) is 12.3. The molecule has 19 heavy (non-hydrogen) atoms. The molecular formula is C15H12Br2O2. The van der Waals surface area contributed by atoms with Gasteiger partial charge in [0.25, 0.3) is 0 Å². The predicted molar refractivity (Wildman–Crippen MR) is 83.2 cm³/mol. The predicted octanol–water partition coefficient (Wildman–Crippen LogP) is 4.32. The van der Waals surface area contributed by atoms with Gasteiger partial charge in [0.15, 0.2) is 5.78 Å². The lowest BCUT2D eigenvalue weighted by Crippen LogP contribution is -2.02. The van der Waals surface area contributed by atoms with Crippen molar-refractivity contribution in [1.29, 1.82) is 0 Å². The Balaban J connectivity index is 2.29. The summed E-state index contributed by atoms with van der Waals surface area (Å²) >= 11 is 6.89. The first kappa shape index (κ1) is 14.3. The summed E-state index contributed by atoms with van der Waals surface area (Å²) in [7, 11) is 0. The van der Waals surface area contributed by atoms with Crippen molar-refractivity contribution >= 4 is 37.6 Å². The number of rotatable bonds is 4. The molecule has 4 heteroatoms. The van der Waals surface area contributed by atoms with Crippen molar-refractivity contribution < 1.29 is 9.90 Å². The van der Waals surface area contributed by atoms with Gasteiger partial charge in [-0.25, -0.2) is 0 Å². The van der Waals surface area contributed by atoms with Gasteiger partial charge in [-0.1, -0.05) is 44.0 Å². The number of phenolic OH excluding ortho intramolecular Hbond substituents is 1. The molecule has 98 valence electrons. The zero-order chi connectivity index (χ0) is 13.8. The van der Waals surface area contributed by atoms with Crippen molar-refractivity contribution in [2.24, 2.45) is 0 Å². The number of hydrogen-bond acceptors (Lipinski definition) is 2. The first-order chi connectivity index (χ1) is 9.11. The quantitative estimate of drug-likeness (QED) is 0.630. The topological polar surface area (TPSA) is 37.3 Å². The van der Waals surface area contributed by atoms with Crippen molar-refractivity contribution in [1.82, 2.24) is 0 Å². The smallest absolute Gasteiger partial charge is 0.193 e. The monoisotopic (exact) mass is 382 g/mol. The summed E-state index contributed by atoms with van der Waals surface area (Å²) in [5.74, 6) is 0.108. The minimum Gasteiger partial charge on any atom is -0.508 e. The Kier molecular flexibility index (Phi) is 4.77. The molecule has 2 rings (SSSR count). The summed E-state index contributed by atoms with van der Waals surface area (Å²) in [5, 5.41) is 10.1. The van der Waals surface area contributed by atoms with Crippen molar-refractivity contribution in [3.05, 3.63) is 63.6 Å². The SMILES string of the molecule is O=C(c1ccc(O)cc1)c1ccc(CCBr)c(Br)c1. The number of ketones is 1. The molecular weight excluding hydrogens is 372 g/mol. The number of aryl methyl sites for hydroxylation is 1. The average molecular weight is 384 g/mol. The summed E-state index contributed by atoms with van der Waals surface area (Å²) in [5.41, 5.74) is 2.37. The van der Waals surface area contributed by atoms with E-state index in [0.717, 1.165) is 16.2 Å². The van der Waals surface area contributed by atoms with Gasteiger partial charge in [-0.15, -0.1) is 0 Å². The first-order valence-electron chi connectivity index (χ1n) is 5.80. The molecule has 0 radical (unpaired) electrons. The largest absolute Gasteiger partial charge is 0.508 e. The highest BCUT2D eigenvalue weighted by atomic mass is 79.9. The van der Waals surface area contributed by atoms with Crippen LogP contribution in [0, 0.1) is 0 Å². The molecule has 0 aliphatic heterocycles. The molecule has 0 aromatic heterocycles. The molecule has 2 aromatic rings. The van der Waals surface area contributed by atoms with Crippen LogP contribution in [-0.2, 0) is 6.42 Å². The second kappa shape index (κ2) is 6.35. The van der Waals surface area contributed by atoms with Crippen LogP contribution in [0.5, 0.6) is 5.75 Å². The van der Waals surface area contributed by atoms with Crippen LogP contribution in [0.1, 0.15) is 21.5 Å². The van der Waals surface area contributed by atoms with E-state index >= 15 is 0 Å². The third-order valence-electron chi connectivity index (χ3n) is 2.81. The van der Waals surface area contributed by atoms with Gasteiger partial charge in [-0.3, -0.25) is 4.79 Å². The normalized spacial score (nSPS) is 10.4. The molecule has 0 amide bonds. The number of alkyl halides is 1. The molecule has 0 unspecified atom stereocenters. The molecule has 0 aliphatic rings. The van der Waals surface area contributed by atoms with Crippen LogP contribution >= 0.6 is 31.9 Å². The minimum atomic E-state index is -0.0499. The molecule has 0 saturated carbocycles. The highest BCUT2D eigenvalue weighted by Crippen LogP contribution is 2.22. The summed E-state index contributed by atoms with van der Waals surface area (Å²) in [6.45, 7) is 0. The van der Waals surface area contributed by atoms with Gasteiger partial charge in [0.05, 0.1) is 0 Å². The Bertz CT molecular complexity index is 592. The van der Waals surface area contributed by atoms with E-state index in [0.29, 0.717) is 11.1 Å². The van der Waals surface area contributed by atoms with Gasteiger partial charge in [0.2, 0.25) is 0 Å². The molecule has 2 nitrogen and oxygen atoms in total. The highest BCUT2D eigenvalue weighted by molar-refractivity contribution is 9.10. The van der Waals surface area contributed by atoms with E-state index in [1.165, 1.54) is 17.7 Å². The molecule has 0 aliphatic carbocycles. The number of halogens is 2. The second-order valence-corrected chi connectivity index (χ2v) is 5.77. The maximum absolute atomic E-state index is 12.3. The Labute approximate surface area is 128 Å². The van der Waals surface area contributed by atoms with Crippen molar-refractivity contribution in [3.8, 4) is 5.75 Å². The fraction of sp³-hybridized carbons (Fsp3) is 0.133. The molecule has 0 spiro atoms. The fourth-order valence-corrected chi connectivity index (χ4v) is 2.78. The third-order valence-corrected chi connectivity index (χ3v) is 3.94. The van der Waals surface area contributed by atoms with Gasteiger partial charge in [-0.05, 0) is 42.3 Å². The Hall–Kier alpha value is -1.13. The van der Waals surface area contributed by atoms with E-state index < -0.39 is 0 Å². The maximum atomic E-state index is 12.3. The van der Waals surface area contributed by atoms with Crippen LogP contribution in [0.4, 0.5) is 0 Å². The van der Waals surface area contributed by atoms with E-state index in [9.17, 15) is 9.90 Å². The number of hydrogen-bond donors (Lipinski definition) is 1. The summed E-state index contributed by atoms with van der Waals surface area (Å²) in [6, 6.07) is 11.9. The highest BCUT2D eigenvalue weighted by Gasteiger charge is 2.10. The third kappa shape index (κ3) is 3.45. The van der Waals surface area contributed by atoms with Gasteiger partial charge in [0, 0.05) is 20.9 Å². The lowest BCUT2D eigenvalue weighted by atomic mass is 10.0. The number of phenols is 1. The number of benzene rings is 2. The van der Waals surface area contributed by atoms with Crippen molar-refractivity contribution in [2.45, 2.75) is 6.42 Å². The maximum Gasteiger partial charge on any atom is 0.193 e. The van der Waals surface area contributed by atoms with Crippen molar-refractivity contribution in [2.75, 3.05) is 5.33 Å². The van der Waals surface area contributed by atoms with Crippen LogP contribution in [0.15, 0.2) is 46.9 Å². The fourth-order valence-electron chi connectivity index (χ4n) is 1.77. The molecule has 0 heterocycles.